The van der Waals surface area contributed by atoms with Crippen LogP contribution >= 0.6 is 0 Å². The third-order valence-electron chi connectivity index (χ3n) is 2.98. The molecule has 2 fully saturated rings. The number of rotatable bonds is 2. The Morgan fingerprint density at radius 2 is 1.93 bits per heavy atom. The van der Waals surface area contributed by atoms with Crippen LogP contribution in [0.25, 0.3) is 0 Å². The monoisotopic (exact) mass is 199 g/mol. The van der Waals surface area contributed by atoms with Crippen LogP contribution in [0.4, 0.5) is 0 Å². The minimum atomic E-state index is 0.491. The van der Waals surface area contributed by atoms with Gasteiger partial charge in [0.1, 0.15) is 0 Å². The van der Waals surface area contributed by atoms with E-state index in [2.05, 4.69) is 22.4 Å². The van der Waals surface area contributed by atoms with E-state index in [9.17, 15) is 0 Å². The summed E-state index contributed by atoms with van der Waals surface area (Å²) in [7, 11) is 0. The molecule has 0 bridgehead atoms. The smallest absolute Gasteiger partial charge is 0.0468 e. The van der Waals surface area contributed by atoms with E-state index in [4.69, 9.17) is 4.94 Å². The molecule has 2 aliphatic rings. The minimum absolute atomic E-state index is 0.491. The third kappa shape index (κ3) is 2.67. The van der Waals surface area contributed by atoms with Gasteiger partial charge in [-0.15, -0.1) is 0 Å². The molecule has 0 aromatic rings. The fourth-order valence-corrected chi connectivity index (χ4v) is 2.04. The second-order valence-corrected chi connectivity index (χ2v) is 4.27. The third-order valence-corrected chi connectivity index (χ3v) is 2.98. The van der Waals surface area contributed by atoms with Crippen LogP contribution in [0.2, 0.25) is 0 Å². The van der Waals surface area contributed by atoms with E-state index in [0.717, 1.165) is 32.7 Å². The summed E-state index contributed by atoms with van der Waals surface area (Å²) in [4.78, 5) is 5.87. The maximum Gasteiger partial charge on any atom is 0.0468 e. The lowest BCUT2D eigenvalue weighted by Crippen LogP contribution is -2.52. The fraction of sp³-hybridized carbons (Fsp3) is 1.00. The number of hydroxylamine groups is 4. The van der Waals surface area contributed by atoms with Crippen LogP contribution in [-0.4, -0.2) is 48.9 Å². The van der Waals surface area contributed by atoms with Crippen LogP contribution in [0.15, 0.2) is 0 Å². The summed E-state index contributed by atoms with van der Waals surface area (Å²) in [5.41, 5.74) is 0. The lowest BCUT2D eigenvalue weighted by molar-refractivity contribution is -0.344. The zero-order chi connectivity index (χ0) is 9.80. The number of nitrogens with one attached hydrogen (secondary N) is 1. The maximum atomic E-state index is 5.87. The molecule has 2 aliphatic heterocycles. The van der Waals surface area contributed by atoms with E-state index in [0.29, 0.717) is 6.04 Å². The molecule has 0 aromatic carbocycles. The molecule has 0 radical (unpaired) electrons. The van der Waals surface area contributed by atoms with Crippen LogP contribution in [0.1, 0.15) is 26.2 Å². The van der Waals surface area contributed by atoms with Gasteiger partial charge in [-0.05, 0) is 19.8 Å². The predicted molar refractivity (Wildman–Crippen MR) is 55.5 cm³/mol. The van der Waals surface area contributed by atoms with E-state index in [1.807, 2.05) is 0 Å². The molecule has 0 saturated carbocycles. The molecule has 14 heavy (non-hydrogen) atoms. The fourth-order valence-electron chi connectivity index (χ4n) is 2.04. The molecule has 1 N–H and O–H groups in total. The molecule has 2 saturated heterocycles. The van der Waals surface area contributed by atoms with Gasteiger partial charge in [-0.25, -0.2) is 4.94 Å². The first kappa shape index (κ1) is 10.4. The normalized spacial score (nSPS) is 31.9. The first-order chi connectivity index (χ1) is 6.86. The Labute approximate surface area is 86.1 Å². The van der Waals surface area contributed by atoms with Gasteiger partial charge in [0.2, 0.25) is 0 Å². The minimum Gasteiger partial charge on any atom is -0.314 e. The molecular formula is C10H21N3O. The summed E-state index contributed by atoms with van der Waals surface area (Å²) in [6.07, 6.45) is 3.91. The van der Waals surface area contributed by atoms with Crippen molar-refractivity contribution in [2.75, 3.05) is 32.7 Å². The van der Waals surface area contributed by atoms with Crippen molar-refractivity contribution >= 4 is 0 Å². The lowest BCUT2D eigenvalue weighted by Gasteiger charge is -2.37. The van der Waals surface area contributed by atoms with Crippen LogP contribution in [0.3, 0.4) is 0 Å². The molecule has 0 aromatic heterocycles. The first-order valence-corrected chi connectivity index (χ1v) is 5.76. The standard InChI is InChI=1S/C10H21N3O/c1-10-9-11-5-8-13(10)14-12-6-3-2-4-7-12/h10-11H,2-9H2,1H3. The summed E-state index contributed by atoms with van der Waals surface area (Å²) >= 11 is 0. The van der Waals surface area contributed by atoms with E-state index < -0.39 is 0 Å². The van der Waals surface area contributed by atoms with Crippen LogP contribution in [0, 0.1) is 0 Å². The maximum absolute atomic E-state index is 5.87. The average molecular weight is 199 g/mol. The largest absolute Gasteiger partial charge is 0.314 e. The van der Waals surface area contributed by atoms with Crippen molar-refractivity contribution in [3.63, 3.8) is 0 Å². The van der Waals surface area contributed by atoms with Crippen LogP contribution in [-0.2, 0) is 4.94 Å². The Kier molecular flexibility index (Phi) is 3.75. The number of piperazine rings is 1. The number of nitrogens with zero attached hydrogens (tertiary/aromatic N) is 2. The molecule has 4 heteroatoms. The summed E-state index contributed by atoms with van der Waals surface area (Å²) in [5, 5.41) is 7.59. The highest BCUT2D eigenvalue weighted by Crippen LogP contribution is 2.12. The van der Waals surface area contributed by atoms with Gasteiger partial charge in [-0.2, -0.15) is 10.1 Å². The number of hydrogen-bond acceptors (Lipinski definition) is 4. The summed E-state index contributed by atoms with van der Waals surface area (Å²) in [5.74, 6) is 0. The topological polar surface area (TPSA) is 27.7 Å². The van der Waals surface area contributed by atoms with Crippen molar-refractivity contribution in [1.82, 2.24) is 15.4 Å². The molecule has 0 spiro atoms. The Balaban J connectivity index is 1.76. The highest BCUT2D eigenvalue weighted by molar-refractivity contribution is 4.70. The van der Waals surface area contributed by atoms with Crippen molar-refractivity contribution in [2.45, 2.75) is 32.2 Å². The lowest BCUT2D eigenvalue weighted by atomic mass is 10.2. The van der Waals surface area contributed by atoms with Crippen LogP contribution in [0.5, 0.6) is 0 Å². The Morgan fingerprint density at radius 3 is 2.64 bits per heavy atom. The summed E-state index contributed by atoms with van der Waals surface area (Å²) in [6.45, 7) is 7.47. The van der Waals surface area contributed by atoms with Crippen molar-refractivity contribution in [3.8, 4) is 0 Å². The van der Waals surface area contributed by atoms with Gasteiger partial charge < -0.3 is 5.32 Å². The van der Waals surface area contributed by atoms with Gasteiger partial charge in [0, 0.05) is 38.8 Å². The van der Waals surface area contributed by atoms with Gasteiger partial charge in [0.05, 0.1) is 0 Å². The second-order valence-electron chi connectivity index (χ2n) is 4.27. The van der Waals surface area contributed by atoms with Gasteiger partial charge in [0.25, 0.3) is 0 Å². The highest BCUT2D eigenvalue weighted by atomic mass is 16.8. The Bertz CT molecular complexity index is 171. The van der Waals surface area contributed by atoms with Crippen molar-refractivity contribution < 1.29 is 4.94 Å². The highest BCUT2D eigenvalue weighted by Gasteiger charge is 2.22. The van der Waals surface area contributed by atoms with Crippen molar-refractivity contribution in [1.29, 1.82) is 0 Å². The molecule has 4 nitrogen and oxygen atoms in total. The molecule has 1 unspecified atom stereocenters. The molecule has 1 atom stereocenters. The number of piperidine rings is 1. The molecular weight excluding hydrogens is 178 g/mol. The SMILES string of the molecule is CC1CNCCN1ON1CCCCC1. The van der Waals surface area contributed by atoms with Gasteiger partial charge in [-0.3, -0.25) is 0 Å². The first-order valence-electron chi connectivity index (χ1n) is 5.76. The Morgan fingerprint density at radius 1 is 1.14 bits per heavy atom. The van der Waals surface area contributed by atoms with E-state index >= 15 is 0 Å². The number of hydrogen-bond donors (Lipinski definition) is 1. The summed E-state index contributed by atoms with van der Waals surface area (Å²) < 4.78 is 0. The van der Waals surface area contributed by atoms with Crippen molar-refractivity contribution in [3.05, 3.63) is 0 Å². The quantitative estimate of drug-likeness (QED) is 0.705. The van der Waals surface area contributed by atoms with E-state index in [-0.39, 0.29) is 0 Å². The zero-order valence-corrected chi connectivity index (χ0v) is 9.04. The van der Waals surface area contributed by atoms with E-state index in [1.165, 1.54) is 19.3 Å². The zero-order valence-electron chi connectivity index (χ0n) is 9.04. The molecule has 82 valence electrons. The van der Waals surface area contributed by atoms with Gasteiger partial charge in [0.15, 0.2) is 0 Å². The molecule has 0 aliphatic carbocycles. The van der Waals surface area contributed by atoms with Crippen molar-refractivity contribution in [2.24, 2.45) is 0 Å². The second kappa shape index (κ2) is 5.07. The van der Waals surface area contributed by atoms with Gasteiger partial charge in [-0.1, -0.05) is 6.42 Å². The molecule has 2 rings (SSSR count). The predicted octanol–water partition coefficient (Wildman–Crippen LogP) is 0.613. The molecule has 0 amide bonds. The molecule has 2 heterocycles. The van der Waals surface area contributed by atoms with Crippen LogP contribution < -0.4 is 5.32 Å². The Hall–Kier alpha value is -0.160. The average Bonchev–Trinajstić information content (AvgIpc) is 2.23. The summed E-state index contributed by atoms with van der Waals surface area (Å²) in [6, 6.07) is 0.491. The van der Waals surface area contributed by atoms with E-state index in [1.54, 1.807) is 0 Å². The van der Waals surface area contributed by atoms with Gasteiger partial charge >= 0.3 is 0 Å².